The number of nitrogens with zero attached hydrogens (tertiary/aromatic N) is 1. The van der Waals surface area contributed by atoms with E-state index in [9.17, 15) is 19.1 Å². The van der Waals surface area contributed by atoms with Crippen LogP contribution in [0, 0.1) is 11.2 Å². The maximum Gasteiger partial charge on any atom is 0.261 e. The van der Waals surface area contributed by atoms with Crippen molar-refractivity contribution < 1.29 is 19.1 Å². The molecular formula is C19H23ClFNO3. The molecule has 2 rings (SSSR count). The number of aliphatic hydroxyl groups is 1. The molecule has 0 aromatic heterocycles. The van der Waals surface area contributed by atoms with Crippen LogP contribution in [0.25, 0.3) is 0 Å². The minimum absolute atomic E-state index is 0.0316. The standard InChI is InChI=1S/C19H23ClFNO3/c1-5-6-14(23)15-16(24)17(19(2,3)4)22(18(15)25)10-11-7-8-13(21)12(20)9-11/h7-9,17,24H,5-6,10H2,1-4H3/t17-/m1/s1. The van der Waals surface area contributed by atoms with Gasteiger partial charge < -0.3 is 10.0 Å². The molecule has 1 atom stereocenters. The molecule has 1 aliphatic rings. The van der Waals surface area contributed by atoms with E-state index in [2.05, 4.69) is 0 Å². The van der Waals surface area contributed by atoms with Gasteiger partial charge in [-0.1, -0.05) is 45.4 Å². The van der Waals surface area contributed by atoms with Gasteiger partial charge in [0.25, 0.3) is 5.91 Å². The molecule has 0 saturated carbocycles. The first kappa shape index (κ1) is 19.4. The zero-order valence-electron chi connectivity index (χ0n) is 14.9. The fraction of sp³-hybridized carbons (Fsp3) is 0.474. The third-order valence-corrected chi connectivity index (χ3v) is 4.50. The van der Waals surface area contributed by atoms with Crippen LogP contribution in [0.2, 0.25) is 5.02 Å². The number of Topliss-reactive ketones (excluding diaryl/α,β-unsaturated/α-hetero) is 1. The first-order valence-electron chi connectivity index (χ1n) is 8.29. The number of halogens is 2. The molecule has 0 radical (unpaired) electrons. The number of ketones is 1. The Balaban J connectivity index is 2.41. The van der Waals surface area contributed by atoms with Crippen LogP contribution in [0.1, 0.15) is 46.1 Å². The molecule has 0 saturated heterocycles. The second kappa shape index (κ2) is 7.16. The molecule has 136 valence electrons. The molecule has 25 heavy (non-hydrogen) atoms. The third-order valence-electron chi connectivity index (χ3n) is 4.21. The lowest BCUT2D eigenvalue weighted by Gasteiger charge is -2.35. The highest BCUT2D eigenvalue weighted by Gasteiger charge is 2.47. The van der Waals surface area contributed by atoms with Gasteiger partial charge in [0, 0.05) is 13.0 Å². The van der Waals surface area contributed by atoms with Gasteiger partial charge >= 0.3 is 0 Å². The molecule has 0 spiro atoms. The molecule has 0 aliphatic carbocycles. The summed E-state index contributed by atoms with van der Waals surface area (Å²) in [6.07, 6.45) is 0.800. The molecule has 0 bridgehead atoms. The molecule has 4 nitrogen and oxygen atoms in total. The molecule has 6 heteroatoms. The van der Waals surface area contributed by atoms with Crippen molar-refractivity contribution in [2.24, 2.45) is 5.41 Å². The van der Waals surface area contributed by atoms with Gasteiger partial charge in [0.1, 0.15) is 17.1 Å². The third kappa shape index (κ3) is 3.87. The second-order valence-electron chi connectivity index (χ2n) is 7.38. The first-order chi connectivity index (χ1) is 11.6. The number of hydrogen-bond acceptors (Lipinski definition) is 3. The van der Waals surface area contributed by atoms with Crippen LogP contribution in [-0.2, 0) is 16.1 Å². The Morgan fingerprint density at radius 1 is 1.36 bits per heavy atom. The summed E-state index contributed by atoms with van der Waals surface area (Å²) < 4.78 is 13.4. The summed E-state index contributed by atoms with van der Waals surface area (Å²) in [7, 11) is 0. The van der Waals surface area contributed by atoms with Crippen molar-refractivity contribution in [1.29, 1.82) is 0 Å². The van der Waals surface area contributed by atoms with Crippen LogP contribution in [0.3, 0.4) is 0 Å². The molecule has 0 fully saturated rings. The molecule has 1 heterocycles. The van der Waals surface area contributed by atoms with Crippen LogP contribution < -0.4 is 0 Å². The molecule has 1 amide bonds. The summed E-state index contributed by atoms with van der Waals surface area (Å²) >= 11 is 5.82. The maximum atomic E-state index is 13.4. The van der Waals surface area contributed by atoms with E-state index in [4.69, 9.17) is 11.6 Å². The number of hydrogen-bond donors (Lipinski definition) is 1. The summed E-state index contributed by atoms with van der Waals surface area (Å²) in [5, 5.41) is 10.6. The second-order valence-corrected chi connectivity index (χ2v) is 7.79. The van der Waals surface area contributed by atoms with E-state index in [1.165, 1.54) is 23.1 Å². The Morgan fingerprint density at radius 2 is 2.00 bits per heavy atom. The van der Waals surface area contributed by atoms with Gasteiger partial charge in [-0.05, 0) is 29.5 Å². The Hall–Kier alpha value is -1.88. The van der Waals surface area contributed by atoms with E-state index < -0.39 is 23.2 Å². The Labute approximate surface area is 152 Å². The van der Waals surface area contributed by atoms with Crippen molar-refractivity contribution in [3.8, 4) is 0 Å². The van der Waals surface area contributed by atoms with Gasteiger partial charge in [0.05, 0.1) is 11.1 Å². The average Bonchev–Trinajstić information content (AvgIpc) is 2.74. The van der Waals surface area contributed by atoms with Gasteiger partial charge in [0.2, 0.25) is 0 Å². The van der Waals surface area contributed by atoms with E-state index in [0.717, 1.165) is 0 Å². The Kier molecular flexibility index (Phi) is 5.57. The van der Waals surface area contributed by atoms with E-state index in [1.54, 1.807) is 0 Å². The highest BCUT2D eigenvalue weighted by Crippen LogP contribution is 2.38. The molecule has 1 aromatic carbocycles. The fourth-order valence-electron chi connectivity index (χ4n) is 3.14. The summed E-state index contributed by atoms with van der Waals surface area (Å²) in [5.41, 5.74) is 0.0265. The van der Waals surface area contributed by atoms with Crippen molar-refractivity contribution >= 4 is 23.3 Å². The Morgan fingerprint density at radius 3 is 2.52 bits per heavy atom. The van der Waals surface area contributed by atoms with Crippen molar-refractivity contribution in [2.45, 2.75) is 53.1 Å². The SMILES string of the molecule is CCCC(=O)C1=C(O)[C@H](C(C)(C)C)N(Cc2ccc(F)c(Cl)c2)C1=O. The zero-order valence-corrected chi connectivity index (χ0v) is 15.7. The van der Waals surface area contributed by atoms with Gasteiger partial charge in [-0.3, -0.25) is 9.59 Å². The van der Waals surface area contributed by atoms with Crippen molar-refractivity contribution in [1.82, 2.24) is 4.90 Å². The maximum absolute atomic E-state index is 13.4. The topological polar surface area (TPSA) is 57.6 Å². The number of benzene rings is 1. The van der Waals surface area contributed by atoms with Gasteiger partial charge in [-0.2, -0.15) is 0 Å². The summed E-state index contributed by atoms with van der Waals surface area (Å²) in [5.74, 6) is -1.55. The van der Waals surface area contributed by atoms with E-state index in [1.807, 2.05) is 27.7 Å². The lowest BCUT2D eigenvalue weighted by molar-refractivity contribution is -0.131. The normalized spacial score (nSPS) is 18.2. The van der Waals surface area contributed by atoms with Gasteiger partial charge in [-0.15, -0.1) is 0 Å². The molecule has 1 aliphatic heterocycles. The smallest absolute Gasteiger partial charge is 0.261 e. The summed E-state index contributed by atoms with van der Waals surface area (Å²) in [6.45, 7) is 7.64. The molecule has 1 aromatic rings. The predicted molar refractivity (Wildman–Crippen MR) is 94.8 cm³/mol. The average molecular weight is 368 g/mol. The predicted octanol–water partition coefficient (Wildman–Crippen LogP) is 4.42. The van der Waals surface area contributed by atoms with Crippen LogP contribution in [0.15, 0.2) is 29.5 Å². The quantitative estimate of drug-likeness (QED) is 0.784. The number of aliphatic hydroxyl groups excluding tert-OH is 1. The first-order valence-corrected chi connectivity index (χ1v) is 8.67. The summed E-state index contributed by atoms with van der Waals surface area (Å²) in [6, 6.07) is 3.60. The van der Waals surface area contributed by atoms with Crippen molar-refractivity contribution in [3.05, 3.63) is 45.9 Å². The summed E-state index contributed by atoms with van der Waals surface area (Å²) in [4.78, 5) is 26.6. The van der Waals surface area contributed by atoms with Gasteiger partial charge in [-0.25, -0.2) is 4.39 Å². The fourth-order valence-corrected chi connectivity index (χ4v) is 3.35. The minimum Gasteiger partial charge on any atom is -0.509 e. The zero-order chi connectivity index (χ0) is 18.9. The molecule has 1 N–H and O–H groups in total. The van der Waals surface area contributed by atoms with Crippen molar-refractivity contribution in [3.63, 3.8) is 0 Å². The van der Waals surface area contributed by atoms with E-state index in [-0.39, 0.29) is 35.1 Å². The van der Waals surface area contributed by atoms with Crippen LogP contribution in [0.5, 0.6) is 0 Å². The van der Waals surface area contributed by atoms with Crippen molar-refractivity contribution in [2.75, 3.05) is 0 Å². The highest BCUT2D eigenvalue weighted by molar-refractivity contribution is 6.30. The van der Waals surface area contributed by atoms with Crippen LogP contribution in [0.4, 0.5) is 4.39 Å². The van der Waals surface area contributed by atoms with E-state index in [0.29, 0.717) is 12.0 Å². The number of carbonyl (C=O) groups excluding carboxylic acids is 2. The largest absolute Gasteiger partial charge is 0.509 e. The van der Waals surface area contributed by atoms with Gasteiger partial charge in [0.15, 0.2) is 5.78 Å². The number of rotatable bonds is 5. The van der Waals surface area contributed by atoms with Crippen LogP contribution in [-0.4, -0.2) is 27.7 Å². The molecule has 0 unspecified atom stereocenters. The lowest BCUT2D eigenvalue weighted by atomic mass is 9.85. The highest BCUT2D eigenvalue weighted by atomic mass is 35.5. The number of amides is 1. The van der Waals surface area contributed by atoms with Crippen LogP contribution >= 0.6 is 11.6 Å². The van der Waals surface area contributed by atoms with E-state index >= 15 is 0 Å². The molecular weight excluding hydrogens is 345 g/mol. The Bertz CT molecular complexity index is 737. The monoisotopic (exact) mass is 367 g/mol. The lowest BCUT2D eigenvalue weighted by Crippen LogP contribution is -2.43. The number of carbonyl (C=O) groups is 2. The minimum atomic E-state index is -0.625.